The van der Waals surface area contributed by atoms with Gasteiger partial charge in [-0.2, -0.15) is 0 Å². The van der Waals surface area contributed by atoms with E-state index in [2.05, 4.69) is 15.0 Å². The minimum atomic E-state index is -4.19. The number of nitrogens with two attached hydrogens (primary N) is 1. The average molecular weight is 1010 g/mol. The molecule has 2 aliphatic heterocycles. The number of nitrogens with zero attached hydrogens (tertiary/aromatic N) is 4. The van der Waals surface area contributed by atoms with Gasteiger partial charge in [0.25, 0.3) is 10.0 Å². The number of esters is 1. The molecule has 1 aromatic heterocycles. The zero-order chi connectivity index (χ0) is 53.3. The van der Waals surface area contributed by atoms with Crippen LogP contribution in [0.25, 0.3) is 10.9 Å². The fourth-order valence-corrected chi connectivity index (χ4v) is 11.1. The van der Waals surface area contributed by atoms with Crippen LogP contribution in [0, 0.1) is 20.8 Å². The number of carbonyl (C=O) groups excluding carboxylic acids is 4. The second-order valence-electron chi connectivity index (χ2n) is 22.6. The van der Waals surface area contributed by atoms with Crippen LogP contribution in [0.1, 0.15) is 122 Å². The smallest absolute Gasteiger partial charge is 0.419 e. The van der Waals surface area contributed by atoms with Crippen LogP contribution in [0.3, 0.4) is 0 Å². The van der Waals surface area contributed by atoms with Gasteiger partial charge in [0, 0.05) is 49.2 Å². The molecule has 18 heteroatoms. The van der Waals surface area contributed by atoms with Crippen molar-refractivity contribution in [2.75, 3.05) is 19.6 Å². The number of ether oxygens (including phenoxy) is 4. The number of guanidine groups is 1. The number of aromatic nitrogens is 1. The first kappa shape index (κ1) is 55.2. The third kappa shape index (κ3) is 13.7. The van der Waals surface area contributed by atoms with Crippen LogP contribution < -0.4 is 20.5 Å². The minimum absolute atomic E-state index is 0.0225. The number of aliphatic imine (C=N–C) groups is 1. The summed E-state index contributed by atoms with van der Waals surface area (Å²) in [7, 11) is -4.19. The molecule has 0 unspecified atom stereocenters. The summed E-state index contributed by atoms with van der Waals surface area (Å²) in [5.74, 6) is -0.465. The summed E-state index contributed by atoms with van der Waals surface area (Å²) in [5.41, 5.74) is 8.19. The molecular weight excluding hydrogens is 939 g/mol. The highest BCUT2D eigenvalue weighted by Gasteiger charge is 2.46. The van der Waals surface area contributed by atoms with Crippen LogP contribution in [0.2, 0.25) is 0 Å². The van der Waals surface area contributed by atoms with Crippen molar-refractivity contribution in [3.8, 4) is 5.75 Å². The number of alkyl carbamates (subject to hydrolysis) is 1. The van der Waals surface area contributed by atoms with Crippen molar-refractivity contribution in [1.29, 1.82) is 0 Å². The lowest BCUT2D eigenvalue weighted by Crippen LogP contribution is -2.68. The van der Waals surface area contributed by atoms with E-state index in [0.717, 1.165) is 22.1 Å². The highest BCUT2D eigenvalue weighted by atomic mass is 32.2. The zero-order valence-electron chi connectivity index (χ0n) is 44.5. The van der Waals surface area contributed by atoms with Crippen molar-refractivity contribution in [2.45, 2.75) is 175 Å². The van der Waals surface area contributed by atoms with Gasteiger partial charge in [0.1, 0.15) is 28.2 Å². The summed E-state index contributed by atoms with van der Waals surface area (Å²) < 4.78 is 55.7. The van der Waals surface area contributed by atoms with Crippen molar-refractivity contribution >= 4 is 50.9 Å². The fraction of sp³-hybridized carbons (Fsp3) is 0.537. The summed E-state index contributed by atoms with van der Waals surface area (Å²) in [6.45, 7) is 25.2. The Morgan fingerprint density at radius 1 is 0.875 bits per heavy atom. The second-order valence-corrected chi connectivity index (χ2v) is 24.2. The minimum Gasteiger partial charge on any atom is -0.487 e. The average Bonchev–Trinajstić information content (AvgIpc) is 3.78. The lowest BCUT2D eigenvalue weighted by atomic mass is 9.91. The van der Waals surface area contributed by atoms with E-state index in [0.29, 0.717) is 34.4 Å². The van der Waals surface area contributed by atoms with Gasteiger partial charge in [-0.3, -0.25) is 24.0 Å². The van der Waals surface area contributed by atoms with Gasteiger partial charge in [0.15, 0.2) is 0 Å². The van der Waals surface area contributed by atoms with Crippen LogP contribution in [0.5, 0.6) is 5.75 Å². The van der Waals surface area contributed by atoms with E-state index in [1.165, 1.54) is 4.57 Å². The Balaban J connectivity index is 1.37. The topological polar surface area (TPSA) is 213 Å². The summed E-state index contributed by atoms with van der Waals surface area (Å²) in [6.07, 6.45) is 1.49. The number of nitrogens with one attached hydrogen (secondary N) is 2. The highest BCUT2D eigenvalue weighted by molar-refractivity contribution is 7.90. The normalized spacial score (nSPS) is 18.1. The van der Waals surface area contributed by atoms with Crippen LogP contribution in [-0.2, 0) is 53.2 Å². The van der Waals surface area contributed by atoms with Crippen molar-refractivity contribution in [1.82, 2.24) is 24.4 Å². The number of rotatable bonds is 14. The monoisotopic (exact) mass is 1010 g/mol. The van der Waals surface area contributed by atoms with Crippen LogP contribution in [0.15, 0.2) is 70.7 Å². The molecule has 3 heterocycles. The van der Waals surface area contributed by atoms with Crippen molar-refractivity contribution in [3.05, 3.63) is 94.2 Å². The van der Waals surface area contributed by atoms with E-state index in [4.69, 9.17) is 24.7 Å². The van der Waals surface area contributed by atoms with Gasteiger partial charge in [-0.15, -0.1) is 0 Å². The lowest BCUT2D eigenvalue weighted by Gasteiger charge is -2.48. The zero-order valence-corrected chi connectivity index (χ0v) is 45.3. The van der Waals surface area contributed by atoms with Crippen LogP contribution in [0.4, 0.5) is 9.59 Å². The molecule has 17 nitrogen and oxygen atoms in total. The maximum absolute atomic E-state index is 15.0. The molecule has 1 saturated heterocycles. The molecule has 3 aromatic carbocycles. The Labute approximate surface area is 425 Å². The molecule has 6 rings (SSSR count). The summed E-state index contributed by atoms with van der Waals surface area (Å²) in [5, 5.41) is 3.86. The van der Waals surface area contributed by atoms with Crippen molar-refractivity contribution in [2.24, 2.45) is 10.7 Å². The molecule has 1 fully saturated rings. The number of carbonyl (C=O) groups is 4. The molecule has 4 N–H and O–H groups in total. The molecule has 0 spiro atoms. The van der Waals surface area contributed by atoms with Gasteiger partial charge < -0.3 is 34.9 Å². The van der Waals surface area contributed by atoms with Gasteiger partial charge in [-0.1, -0.05) is 48.5 Å². The number of piperazine rings is 1. The number of sulfonamides is 1. The number of benzene rings is 3. The molecular formula is C54H75N7O10S. The molecule has 72 heavy (non-hydrogen) atoms. The fourth-order valence-electron chi connectivity index (χ4n) is 9.56. The predicted octanol–water partition coefficient (Wildman–Crippen LogP) is 8.00. The molecule has 2 aliphatic rings. The number of hydrogen-bond donors (Lipinski definition) is 3. The lowest BCUT2D eigenvalue weighted by molar-refractivity contribution is -0.162. The third-order valence-electron chi connectivity index (χ3n) is 12.5. The molecule has 4 aromatic rings. The molecule has 0 saturated carbocycles. The first-order chi connectivity index (χ1) is 33.3. The number of amides is 2. The van der Waals surface area contributed by atoms with E-state index >= 15 is 0 Å². The van der Waals surface area contributed by atoms with E-state index in [1.54, 1.807) is 92.2 Å². The predicted molar refractivity (Wildman–Crippen MR) is 278 cm³/mol. The van der Waals surface area contributed by atoms with Gasteiger partial charge in [-0.05, 0) is 150 Å². The summed E-state index contributed by atoms with van der Waals surface area (Å²) >= 11 is 0. The first-order valence-corrected chi connectivity index (χ1v) is 26.1. The van der Waals surface area contributed by atoms with E-state index in [9.17, 15) is 27.6 Å². The quantitative estimate of drug-likeness (QED) is 0.0361. The summed E-state index contributed by atoms with van der Waals surface area (Å²) in [6, 6.07) is 14.4. The maximum atomic E-state index is 15.0. The van der Waals surface area contributed by atoms with Gasteiger partial charge >= 0.3 is 18.2 Å². The Bertz CT molecular complexity index is 2820. The number of fused-ring (bicyclic) bond motifs is 2. The molecule has 0 bridgehead atoms. The van der Waals surface area contributed by atoms with Gasteiger partial charge in [0.05, 0.1) is 29.0 Å². The van der Waals surface area contributed by atoms with E-state index in [1.807, 2.05) is 75.4 Å². The van der Waals surface area contributed by atoms with Crippen molar-refractivity contribution in [3.63, 3.8) is 0 Å². The Morgan fingerprint density at radius 2 is 1.50 bits per heavy atom. The Hall–Kier alpha value is -6.14. The van der Waals surface area contributed by atoms with Gasteiger partial charge in [0.2, 0.25) is 11.9 Å². The van der Waals surface area contributed by atoms with Crippen LogP contribution >= 0.6 is 0 Å². The number of para-hydroxylation sites is 1. The molecule has 392 valence electrons. The largest absolute Gasteiger partial charge is 0.487 e. The van der Waals surface area contributed by atoms with Crippen molar-refractivity contribution < 1.29 is 46.5 Å². The number of hydrogen-bond acceptors (Lipinski definition) is 12. The summed E-state index contributed by atoms with van der Waals surface area (Å²) in [4.78, 5) is 64.7. The molecule has 3 atom stereocenters. The molecule has 0 aliphatic carbocycles. The standard InChI is InChI=1S/C54H75N7O10S/c1-33-34(2)46(35(3)39-28-54(13,14)69-45(33)39)72(66,67)58-48(55)56-26-20-25-42-47(63)59(29-36-21-16-15-17-22-36)31-43(60(42)32-44(62)68-51(4,5)6)40(57-49(64)70-52(7,8)9)27-37-30-61(50(65)71-53(10,11)12)41-24-19-18-23-38(37)41/h15-19,21-24,30,40,42-43H,20,25-29,31-32H2,1-14H3,(H,57,64)(H3,55,56,58)/t40-,42-,43+/m0/s1. The SMILES string of the molecule is Cc1c(C)c(S(=O)(=O)NC(N)=NCCC[C@H]2C(=O)N(Cc3ccccc3)C[C@H]([C@H](Cc3cn(C(=O)OC(C)(C)C)c4ccccc34)NC(=O)OC(C)(C)C)N2CC(=O)OC(C)(C)C)c(C)c2c1OC(C)(C)C2. The third-order valence-corrected chi connectivity index (χ3v) is 14.1. The van der Waals surface area contributed by atoms with E-state index < -0.39 is 68.7 Å². The van der Waals surface area contributed by atoms with E-state index in [-0.39, 0.29) is 62.2 Å². The van der Waals surface area contributed by atoms with Crippen LogP contribution in [-0.4, -0.2) is 113 Å². The molecule has 0 radical (unpaired) electrons. The highest BCUT2D eigenvalue weighted by Crippen LogP contribution is 2.44. The van der Waals surface area contributed by atoms with Gasteiger partial charge in [-0.25, -0.2) is 22.7 Å². The Kier molecular flexibility index (Phi) is 16.2. The second kappa shape index (κ2) is 21.1. The molecule has 2 amide bonds. The maximum Gasteiger partial charge on any atom is 0.419 e. The first-order valence-electron chi connectivity index (χ1n) is 24.6. The Morgan fingerprint density at radius 3 is 2.14 bits per heavy atom.